The highest BCUT2D eigenvalue weighted by atomic mass is 32.2. The summed E-state index contributed by atoms with van der Waals surface area (Å²) >= 11 is 0. The van der Waals surface area contributed by atoms with E-state index in [1.54, 1.807) is 0 Å². The third kappa shape index (κ3) is 4.76. The number of halogens is 8. The zero-order valence-electron chi connectivity index (χ0n) is 16.8. The molecule has 0 N–H and O–H groups in total. The molecule has 186 valence electrons. The predicted octanol–water partition coefficient (Wildman–Crippen LogP) is 4.61. The minimum atomic E-state index is -5.97. The number of fused-ring (bicyclic) bond motifs is 1. The van der Waals surface area contributed by atoms with Gasteiger partial charge in [-0.05, 0) is 12.1 Å². The Bertz CT molecular complexity index is 1230. The molecule has 7 nitrogen and oxygen atoms in total. The fourth-order valence-corrected chi connectivity index (χ4v) is 3.99. The van der Waals surface area contributed by atoms with E-state index in [1.165, 1.54) is 6.92 Å². The van der Waals surface area contributed by atoms with E-state index in [2.05, 4.69) is 14.7 Å². The van der Waals surface area contributed by atoms with Gasteiger partial charge in [-0.15, -0.1) is 0 Å². The number of nitrogens with zero attached hydrogens (tertiary/aromatic N) is 3. The first-order valence-electron chi connectivity index (χ1n) is 9.16. The molecule has 0 bridgehead atoms. The Morgan fingerprint density at radius 2 is 1.68 bits per heavy atom. The van der Waals surface area contributed by atoms with Gasteiger partial charge in [0.1, 0.15) is 18.8 Å². The van der Waals surface area contributed by atoms with Crippen molar-refractivity contribution in [2.75, 3.05) is 17.2 Å². The third-order valence-electron chi connectivity index (χ3n) is 4.74. The lowest BCUT2D eigenvalue weighted by Gasteiger charge is -2.32. The van der Waals surface area contributed by atoms with Gasteiger partial charge in [-0.3, -0.25) is 14.9 Å². The predicted molar refractivity (Wildman–Crippen MR) is 98.7 cm³/mol. The molecule has 1 aliphatic heterocycles. The van der Waals surface area contributed by atoms with Gasteiger partial charge in [0.05, 0.1) is 33.8 Å². The molecule has 0 fully saturated rings. The maximum atomic E-state index is 13.5. The molecule has 0 unspecified atom stereocenters. The van der Waals surface area contributed by atoms with Crippen LogP contribution in [0.2, 0.25) is 0 Å². The topological polar surface area (TPSA) is 89.5 Å². The van der Waals surface area contributed by atoms with Crippen LogP contribution in [0.1, 0.15) is 18.1 Å². The molecule has 2 aromatic rings. The number of rotatable bonds is 5. The summed E-state index contributed by atoms with van der Waals surface area (Å²) in [5.41, 5.74) is -2.82. The number of hydrogen-bond acceptors (Lipinski definition) is 6. The molecular formula is C18H13F8N3O4S. The summed E-state index contributed by atoms with van der Waals surface area (Å²) in [5.74, 6) is -5.89. The molecule has 34 heavy (non-hydrogen) atoms. The van der Waals surface area contributed by atoms with Gasteiger partial charge in [0.25, 0.3) is 0 Å². The number of ether oxygens (including phenoxy) is 1. The second-order valence-corrected chi connectivity index (χ2v) is 9.26. The summed E-state index contributed by atoms with van der Waals surface area (Å²) in [5, 5.41) is 0. The second kappa shape index (κ2) is 8.32. The Balaban J connectivity index is 2.11. The first kappa shape index (κ1) is 25.6. The lowest BCUT2D eigenvalue weighted by atomic mass is 10.1. The Morgan fingerprint density at radius 3 is 2.24 bits per heavy atom. The maximum Gasteiger partial charge on any atom is 0.455 e. The highest BCUT2D eigenvalue weighted by Gasteiger charge is 2.59. The molecule has 0 aliphatic carbocycles. The van der Waals surface area contributed by atoms with Crippen molar-refractivity contribution in [2.45, 2.75) is 36.7 Å². The van der Waals surface area contributed by atoms with Crippen LogP contribution in [0.5, 0.6) is 0 Å². The van der Waals surface area contributed by atoms with Crippen LogP contribution < -0.4 is 4.90 Å². The van der Waals surface area contributed by atoms with E-state index in [0.29, 0.717) is 18.5 Å². The van der Waals surface area contributed by atoms with Gasteiger partial charge in [0, 0.05) is 11.8 Å². The number of cyclic esters (lactones) is 1. The zero-order chi connectivity index (χ0) is 25.7. The van der Waals surface area contributed by atoms with Gasteiger partial charge in [-0.25, -0.2) is 13.2 Å². The largest absolute Gasteiger partial charge is 0.455 e. The van der Waals surface area contributed by atoms with Crippen LogP contribution in [-0.2, 0) is 27.4 Å². The smallest absolute Gasteiger partial charge is 0.444 e. The minimum absolute atomic E-state index is 0.00692. The lowest BCUT2D eigenvalue weighted by Crippen LogP contribution is -2.50. The summed E-state index contributed by atoms with van der Waals surface area (Å²) in [6.07, 6.45) is -11.3. The Kier molecular flexibility index (Phi) is 6.26. The summed E-state index contributed by atoms with van der Waals surface area (Å²) in [6.45, 7) is -1.54. The van der Waals surface area contributed by atoms with Crippen molar-refractivity contribution in [1.29, 1.82) is 0 Å². The second-order valence-electron chi connectivity index (χ2n) is 7.01. The first-order chi connectivity index (χ1) is 15.5. The summed E-state index contributed by atoms with van der Waals surface area (Å²) in [4.78, 5) is 18.4. The fraction of sp³-hybridized carbons (Fsp3) is 0.389. The van der Waals surface area contributed by atoms with E-state index in [-0.39, 0.29) is 16.2 Å². The van der Waals surface area contributed by atoms with Crippen molar-refractivity contribution in [2.24, 2.45) is 0 Å². The molecule has 0 saturated carbocycles. The number of alkyl halides is 8. The van der Waals surface area contributed by atoms with Crippen LogP contribution in [0, 0.1) is 0 Å². The monoisotopic (exact) mass is 519 g/mol. The molecule has 3 heterocycles. The Hall–Kier alpha value is -3.04. The molecule has 0 radical (unpaired) electrons. The Morgan fingerprint density at radius 1 is 1.03 bits per heavy atom. The van der Waals surface area contributed by atoms with Crippen LogP contribution in [0.25, 0.3) is 11.4 Å². The minimum Gasteiger partial charge on any atom is -0.444 e. The van der Waals surface area contributed by atoms with Crippen molar-refractivity contribution >= 4 is 21.6 Å². The van der Waals surface area contributed by atoms with Gasteiger partial charge in [0.15, 0.2) is 9.84 Å². The van der Waals surface area contributed by atoms with Crippen LogP contribution >= 0.6 is 0 Å². The van der Waals surface area contributed by atoms with Gasteiger partial charge >= 0.3 is 24.4 Å². The van der Waals surface area contributed by atoms with Crippen LogP contribution in [-0.4, -0.2) is 48.9 Å². The number of amides is 1. The van der Waals surface area contributed by atoms with E-state index in [1.807, 2.05) is 0 Å². The molecule has 0 atom stereocenters. The van der Waals surface area contributed by atoms with Crippen molar-refractivity contribution < 1.29 is 53.1 Å². The summed E-state index contributed by atoms with van der Waals surface area (Å²) < 4.78 is 133. The van der Waals surface area contributed by atoms with Crippen molar-refractivity contribution in [1.82, 2.24) is 9.97 Å². The maximum absolute atomic E-state index is 13.5. The molecule has 0 aromatic carbocycles. The molecule has 3 rings (SSSR count). The number of carbonyl (C=O) groups is 1. The van der Waals surface area contributed by atoms with E-state index in [4.69, 9.17) is 0 Å². The lowest BCUT2D eigenvalue weighted by molar-refractivity contribution is -0.276. The van der Waals surface area contributed by atoms with Crippen molar-refractivity contribution in [3.8, 4) is 11.4 Å². The number of hydrogen-bond donors (Lipinski definition) is 0. The number of sulfone groups is 1. The van der Waals surface area contributed by atoms with Gasteiger partial charge in [-0.2, -0.15) is 35.1 Å². The molecule has 1 aliphatic rings. The van der Waals surface area contributed by atoms with E-state index < -0.39 is 75.0 Å². The van der Waals surface area contributed by atoms with E-state index >= 15 is 0 Å². The molecular weight excluding hydrogens is 506 g/mol. The number of anilines is 1. The van der Waals surface area contributed by atoms with Gasteiger partial charge in [-0.1, -0.05) is 6.92 Å². The Labute approximate surface area is 186 Å². The van der Waals surface area contributed by atoms with Crippen LogP contribution in [0.3, 0.4) is 0 Å². The summed E-state index contributed by atoms with van der Waals surface area (Å²) in [6, 6.07) is 1.34. The highest BCUT2D eigenvalue weighted by molar-refractivity contribution is 7.91. The van der Waals surface area contributed by atoms with Crippen LogP contribution in [0.4, 0.5) is 45.6 Å². The average molecular weight is 519 g/mol. The SMILES string of the molecule is CCS(=O)(=O)c1cc(C(F)(F)F)cnc1-c1cc2c(cn1)N(CC(F)(F)C(F)(F)F)C(=O)OC2. The molecule has 16 heteroatoms. The quantitative estimate of drug-likeness (QED) is 0.537. The molecule has 1 amide bonds. The van der Waals surface area contributed by atoms with E-state index in [0.717, 1.165) is 6.07 Å². The highest BCUT2D eigenvalue weighted by Crippen LogP contribution is 2.40. The van der Waals surface area contributed by atoms with Crippen LogP contribution in [0.15, 0.2) is 29.4 Å². The van der Waals surface area contributed by atoms with Crippen molar-refractivity contribution in [3.63, 3.8) is 0 Å². The summed E-state index contributed by atoms with van der Waals surface area (Å²) in [7, 11) is -4.26. The molecule has 2 aromatic heterocycles. The average Bonchev–Trinajstić information content (AvgIpc) is 2.73. The number of pyridine rings is 2. The van der Waals surface area contributed by atoms with Gasteiger partial charge < -0.3 is 4.74 Å². The molecule has 0 spiro atoms. The standard InChI is InChI=1S/C18H13F8N3O4S/c1-2-34(31,32)13-4-10(17(21,22)23)5-28-14(13)11-3-9-7-33-15(30)29(12(9)6-27-11)8-16(19,20)18(24,25)26/h3-6H,2,7-8H2,1H3. The fourth-order valence-electron chi connectivity index (χ4n) is 2.92. The zero-order valence-corrected chi connectivity index (χ0v) is 17.7. The first-order valence-corrected chi connectivity index (χ1v) is 10.8. The third-order valence-corrected chi connectivity index (χ3v) is 6.48. The normalized spacial score (nSPS) is 15.2. The number of carbonyl (C=O) groups excluding carboxylic acids is 1. The van der Waals surface area contributed by atoms with Crippen molar-refractivity contribution in [3.05, 3.63) is 35.7 Å². The number of aromatic nitrogens is 2. The van der Waals surface area contributed by atoms with E-state index in [9.17, 15) is 48.3 Å². The molecule has 0 saturated heterocycles. The van der Waals surface area contributed by atoms with Gasteiger partial charge in [0.2, 0.25) is 0 Å².